The van der Waals surface area contributed by atoms with Gasteiger partial charge in [-0.05, 0) is 11.1 Å². The fourth-order valence-electron chi connectivity index (χ4n) is 3.31. The minimum atomic E-state index is -3.23. The van der Waals surface area contributed by atoms with E-state index in [2.05, 4.69) is 5.32 Å². The van der Waals surface area contributed by atoms with Crippen LogP contribution in [-0.2, 0) is 22.9 Å². The molecular weight excluding hydrogens is 350 g/mol. The monoisotopic (exact) mass is 373 g/mol. The average Bonchev–Trinajstić information content (AvgIpc) is 2.94. The van der Waals surface area contributed by atoms with E-state index in [4.69, 9.17) is 5.73 Å². The van der Waals surface area contributed by atoms with Crippen molar-refractivity contribution in [2.75, 3.05) is 11.5 Å². The molecule has 2 aromatic carbocycles. The summed E-state index contributed by atoms with van der Waals surface area (Å²) in [5.74, 6) is -0.0711. The molecule has 7 heteroatoms. The van der Waals surface area contributed by atoms with Crippen LogP contribution >= 0.6 is 0 Å². The van der Waals surface area contributed by atoms with E-state index in [1.807, 2.05) is 60.7 Å². The molecule has 6 nitrogen and oxygen atoms in total. The molecule has 0 unspecified atom stereocenters. The molecule has 26 heavy (non-hydrogen) atoms. The van der Waals surface area contributed by atoms with Crippen LogP contribution in [0.3, 0.4) is 0 Å². The van der Waals surface area contributed by atoms with Crippen LogP contribution in [0.4, 0.5) is 4.79 Å². The van der Waals surface area contributed by atoms with Crippen molar-refractivity contribution in [2.24, 2.45) is 5.73 Å². The molecule has 3 N–H and O–H groups in total. The maximum atomic E-state index is 12.2. The van der Waals surface area contributed by atoms with Crippen molar-refractivity contribution >= 4 is 15.9 Å². The normalized spacial score (nSPS) is 21.4. The number of rotatable bonds is 6. The van der Waals surface area contributed by atoms with Gasteiger partial charge in [-0.2, -0.15) is 0 Å². The summed E-state index contributed by atoms with van der Waals surface area (Å²) in [6.07, 6.45) is 0. The summed E-state index contributed by atoms with van der Waals surface area (Å²) in [6.45, 7) is 0.829. The van der Waals surface area contributed by atoms with E-state index in [9.17, 15) is 13.2 Å². The predicted molar refractivity (Wildman–Crippen MR) is 101 cm³/mol. The summed E-state index contributed by atoms with van der Waals surface area (Å²) in [4.78, 5) is 13.5. The quantitative estimate of drug-likeness (QED) is 0.803. The second kappa shape index (κ2) is 7.88. The number of carbonyl (C=O) groups is 1. The first-order chi connectivity index (χ1) is 12.4. The average molecular weight is 373 g/mol. The fraction of sp³-hybridized carbons (Fsp3) is 0.316. The SMILES string of the molecule is NC(=O)N(Cc1ccccc1)[C@@H]1CS(=O)(=O)C[C@@H]1NCc1ccccc1. The lowest BCUT2D eigenvalue weighted by molar-refractivity contribution is 0.174. The van der Waals surface area contributed by atoms with Crippen molar-refractivity contribution < 1.29 is 13.2 Å². The summed E-state index contributed by atoms with van der Waals surface area (Å²) >= 11 is 0. The first kappa shape index (κ1) is 18.4. The van der Waals surface area contributed by atoms with Crippen molar-refractivity contribution in [3.05, 3.63) is 71.8 Å². The zero-order valence-electron chi connectivity index (χ0n) is 14.4. The van der Waals surface area contributed by atoms with E-state index in [0.717, 1.165) is 11.1 Å². The molecule has 0 aliphatic carbocycles. The maximum Gasteiger partial charge on any atom is 0.315 e. The van der Waals surface area contributed by atoms with Crippen LogP contribution in [0, 0.1) is 0 Å². The van der Waals surface area contributed by atoms with Crippen LogP contribution in [0.2, 0.25) is 0 Å². The highest BCUT2D eigenvalue weighted by Gasteiger charge is 2.42. The molecule has 1 heterocycles. The van der Waals surface area contributed by atoms with Gasteiger partial charge in [0.1, 0.15) is 0 Å². The molecular formula is C19H23N3O3S. The van der Waals surface area contributed by atoms with E-state index in [0.29, 0.717) is 13.1 Å². The first-order valence-corrected chi connectivity index (χ1v) is 10.3. The molecule has 1 aliphatic heterocycles. The highest BCUT2D eigenvalue weighted by molar-refractivity contribution is 7.91. The Hall–Kier alpha value is -2.38. The molecule has 0 aromatic heterocycles. The number of nitrogens with one attached hydrogen (secondary N) is 1. The standard InChI is InChI=1S/C19H23N3O3S/c20-19(23)22(12-16-9-5-2-6-10-16)18-14-26(24,25)13-17(18)21-11-15-7-3-1-4-8-15/h1-10,17-18,21H,11-14H2,(H2,20,23)/t17-,18+/m0/s1. The van der Waals surface area contributed by atoms with Crippen molar-refractivity contribution in [1.82, 2.24) is 10.2 Å². The number of benzene rings is 2. The van der Waals surface area contributed by atoms with E-state index in [-0.39, 0.29) is 17.5 Å². The van der Waals surface area contributed by atoms with E-state index >= 15 is 0 Å². The molecule has 0 radical (unpaired) electrons. The van der Waals surface area contributed by atoms with Gasteiger partial charge in [-0.25, -0.2) is 13.2 Å². The zero-order chi connectivity index (χ0) is 18.6. The van der Waals surface area contributed by atoms with Gasteiger partial charge < -0.3 is 16.0 Å². The topological polar surface area (TPSA) is 92.5 Å². The van der Waals surface area contributed by atoms with Crippen LogP contribution in [-0.4, -0.2) is 42.9 Å². The summed E-state index contributed by atoms with van der Waals surface area (Å²) in [6, 6.07) is 17.7. The minimum absolute atomic E-state index is 0.00305. The Kier molecular flexibility index (Phi) is 5.58. The van der Waals surface area contributed by atoms with Crippen LogP contribution < -0.4 is 11.1 Å². The summed E-state index contributed by atoms with van der Waals surface area (Å²) in [5, 5.41) is 3.30. The second-order valence-corrected chi connectivity index (χ2v) is 8.72. The van der Waals surface area contributed by atoms with Crippen molar-refractivity contribution in [3.8, 4) is 0 Å². The Morgan fingerprint density at radius 3 is 2.15 bits per heavy atom. The Morgan fingerprint density at radius 2 is 1.58 bits per heavy atom. The number of urea groups is 1. The second-order valence-electron chi connectivity index (χ2n) is 6.57. The van der Waals surface area contributed by atoms with Gasteiger partial charge in [-0.3, -0.25) is 0 Å². The lowest BCUT2D eigenvalue weighted by Crippen LogP contribution is -2.52. The van der Waals surface area contributed by atoms with Gasteiger partial charge in [-0.1, -0.05) is 60.7 Å². The number of nitrogens with zero attached hydrogens (tertiary/aromatic N) is 1. The van der Waals surface area contributed by atoms with Gasteiger partial charge >= 0.3 is 6.03 Å². The van der Waals surface area contributed by atoms with E-state index < -0.39 is 21.9 Å². The van der Waals surface area contributed by atoms with Crippen LogP contribution in [0.1, 0.15) is 11.1 Å². The molecule has 2 atom stereocenters. The van der Waals surface area contributed by atoms with Gasteiger partial charge in [0.05, 0.1) is 17.5 Å². The van der Waals surface area contributed by atoms with Gasteiger partial charge in [-0.15, -0.1) is 0 Å². The lowest BCUT2D eigenvalue weighted by atomic mass is 10.1. The zero-order valence-corrected chi connectivity index (χ0v) is 15.2. The third kappa shape index (κ3) is 4.62. The van der Waals surface area contributed by atoms with Gasteiger partial charge in [0, 0.05) is 19.1 Å². The number of primary amides is 1. The van der Waals surface area contributed by atoms with Crippen molar-refractivity contribution in [1.29, 1.82) is 0 Å². The number of amides is 2. The molecule has 1 aliphatic rings. The molecule has 2 amide bonds. The van der Waals surface area contributed by atoms with E-state index in [1.54, 1.807) is 0 Å². The molecule has 3 rings (SSSR count). The van der Waals surface area contributed by atoms with Crippen LogP contribution in [0.15, 0.2) is 60.7 Å². The molecule has 0 spiro atoms. The van der Waals surface area contributed by atoms with Gasteiger partial charge in [0.15, 0.2) is 9.84 Å². The Balaban J connectivity index is 1.77. The summed E-state index contributed by atoms with van der Waals surface area (Å²) < 4.78 is 24.4. The lowest BCUT2D eigenvalue weighted by Gasteiger charge is -2.31. The number of carbonyl (C=O) groups excluding carboxylic acids is 1. The molecule has 1 saturated heterocycles. The van der Waals surface area contributed by atoms with Gasteiger partial charge in [0.2, 0.25) is 0 Å². The predicted octanol–water partition coefficient (Wildman–Crippen LogP) is 1.52. The molecule has 0 saturated carbocycles. The number of hydrogen-bond acceptors (Lipinski definition) is 4. The Bertz CT molecular complexity index is 841. The highest BCUT2D eigenvalue weighted by atomic mass is 32.2. The molecule has 138 valence electrons. The minimum Gasteiger partial charge on any atom is -0.351 e. The summed E-state index contributed by atoms with van der Waals surface area (Å²) in [7, 11) is -3.23. The van der Waals surface area contributed by atoms with E-state index in [1.165, 1.54) is 4.90 Å². The van der Waals surface area contributed by atoms with Crippen molar-refractivity contribution in [3.63, 3.8) is 0 Å². The number of hydrogen-bond donors (Lipinski definition) is 2. The largest absolute Gasteiger partial charge is 0.351 e. The first-order valence-electron chi connectivity index (χ1n) is 8.52. The molecule has 2 aromatic rings. The maximum absolute atomic E-state index is 12.2. The third-order valence-corrected chi connectivity index (χ3v) is 6.33. The Labute approximate surface area is 153 Å². The smallest absolute Gasteiger partial charge is 0.315 e. The molecule has 0 bridgehead atoms. The number of nitrogens with two attached hydrogens (primary N) is 1. The fourth-order valence-corrected chi connectivity index (χ4v) is 5.27. The third-order valence-electron chi connectivity index (χ3n) is 4.61. The van der Waals surface area contributed by atoms with Crippen LogP contribution in [0.5, 0.6) is 0 Å². The number of sulfone groups is 1. The Morgan fingerprint density at radius 1 is 1.00 bits per heavy atom. The molecule has 1 fully saturated rings. The van der Waals surface area contributed by atoms with Gasteiger partial charge in [0.25, 0.3) is 0 Å². The summed E-state index contributed by atoms with van der Waals surface area (Å²) in [5.41, 5.74) is 7.56. The van der Waals surface area contributed by atoms with Crippen molar-refractivity contribution in [2.45, 2.75) is 25.2 Å². The van der Waals surface area contributed by atoms with Crippen LogP contribution in [0.25, 0.3) is 0 Å². The highest BCUT2D eigenvalue weighted by Crippen LogP contribution is 2.21.